The minimum atomic E-state index is -0.543. The molecule has 1 heterocycles. The highest BCUT2D eigenvalue weighted by atomic mass is 19.1. The lowest BCUT2D eigenvalue weighted by Gasteiger charge is -2.04. The van der Waals surface area contributed by atoms with E-state index in [1.165, 1.54) is 19.2 Å². The SMILES string of the molecule is COc1ccc(C(=O)c2c[nH]c3ccccc23)cc1F. The Labute approximate surface area is 115 Å². The molecule has 0 spiro atoms. The van der Waals surface area contributed by atoms with Crippen LogP contribution in [0, 0.1) is 5.82 Å². The molecule has 0 saturated heterocycles. The van der Waals surface area contributed by atoms with Gasteiger partial charge in [0.2, 0.25) is 0 Å². The molecule has 100 valence electrons. The Balaban J connectivity index is 2.06. The van der Waals surface area contributed by atoms with Crippen molar-refractivity contribution in [1.82, 2.24) is 4.98 Å². The molecule has 0 aliphatic heterocycles. The number of fused-ring (bicyclic) bond motifs is 1. The number of carbonyl (C=O) groups is 1. The van der Waals surface area contributed by atoms with E-state index in [-0.39, 0.29) is 11.5 Å². The van der Waals surface area contributed by atoms with Gasteiger partial charge in [-0.1, -0.05) is 18.2 Å². The largest absolute Gasteiger partial charge is 0.494 e. The van der Waals surface area contributed by atoms with E-state index in [9.17, 15) is 9.18 Å². The minimum absolute atomic E-state index is 0.125. The number of hydrogen-bond acceptors (Lipinski definition) is 2. The molecule has 0 saturated carbocycles. The molecule has 4 heteroatoms. The smallest absolute Gasteiger partial charge is 0.195 e. The zero-order valence-corrected chi connectivity index (χ0v) is 10.8. The maximum atomic E-state index is 13.7. The van der Waals surface area contributed by atoms with Crippen LogP contribution in [0.2, 0.25) is 0 Å². The third-order valence-electron chi connectivity index (χ3n) is 3.25. The van der Waals surface area contributed by atoms with Crippen molar-refractivity contribution in [2.45, 2.75) is 0 Å². The highest BCUT2D eigenvalue weighted by Gasteiger charge is 2.15. The van der Waals surface area contributed by atoms with Crippen LogP contribution in [0.5, 0.6) is 5.75 Å². The number of rotatable bonds is 3. The summed E-state index contributed by atoms with van der Waals surface area (Å²) in [5.74, 6) is -0.636. The Morgan fingerprint density at radius 3 is 2.75 bits per heavy atom. The van der Waals surface area contributed by atoms with Gasteiger partial charge in [0, 0.05) is 28.2 Å². The number of nitrogens with one attached hydrogen (secondary N) is 1. The number of ether oxygens (including phenoxy) is 1. The van der Waals surface area contributed by atoms with E-state index >= 15 is 0 Å². The van der Waals surface area contributed by atoms with Crippen LogP contribution < -0.4 is 4.74 Å². The number of benzene rings is 2. The molecule has 1 N–H and O–H groups in total. The lowest BCUT2D eigenvalue weighted by atomic mass is 10.0. The maximum Gasteiger partial charge on any atom is 0.195 e. The van der Waals surface area contributed by atoms with E-state index in [1.807, 2.05) is 24.3 Å². The lowest BCUT2D eigenvalue weighted by molar-refractivity contribution is 0.104. The fraction of sp³-hybridized carbons (Fsp3) is 0.0625. The Kier molecular flexibility index (Phi) is 2.99. The minimum Gasteiger partial charge on any atom is -0.494 e. The summed E-state index contributed by atoms with van der Waals surface area (Å²) in [6, 6.07) is 11.7. The molecule has 0 amide bonds. The summed E-state index contributed by atoms with van der Waals surface area (Å²) in [6.45, 7) is 0. The summed E-state index contributed by atoms with van der Waals surface area (Å²) < 4.78 is 18.5. The van der Waals surface area contributed by atoms with Gasteiger partial charge in [-0.15, -0.1) is 0 Å². The highest BCUT2D eigenvalue weighted by Crippen LogP contribution is 2.23. The number of aromatic amines is 1. The van der Waals surface area contributed by atoms with Crippen molar-refractivity contribution in [2.24, 2.45) is 0 Å². The summed E-state index contributed by atoms with van der Waals surface area (Å²) in [4.78, 5) is 15.5. The Morgan fingerprint density at radius 1 is 1.20 bits per heavy atom. The normalized spacial score (nSPS) is 10.7. The molecule has 0 fully saturated rings. The van der Waals surface area contributed by atoms with Gasteiger partial charge in [-0.3, -0.25) is 4.79 Å². The third-order valence-corrected chi connectivity index (χ3v) is 3.25. The second kappa shape index (κ2) is 4.81. The Morgan fingerprint density at radius 2 is 2.00 bits per heavy atom. The van der Waals surface area contributed by atoms with E-state index in [4.69, 9.17) is 4.74 Å². The van der Waals surface area contributed by atoms with Gasteiger partial charge >= 0.3 is 0 Å². The zero-order valence-electron chi connectivity index (χ0n) is 10.8. The molecule has 0 atom stereocenters. The second-order valence-electron chi connectivity index (χ2n) is 4.43. The summed E-state index contributed by atoms with van der Waals surface area (Å²) in [5.41, 5.74) is 1.71. The van der Waals surface area contributed by atoms with Crippen LogP contribution in [0.25, 0.3) is 10.9 Å². The second-order valence-corrected chi connectivity index (χ2v) is 4.43. The van der Waals surface area contributed by atoms with Gasteiger partial charge < -0.3 is 9.72 Å². The molecule has 0 unspecified atom stereocenters. The molecule has 0 aliphatic carbocycles. The summed E-state index contributed by atoms with van der Waals surface area (Å²) in [6.07, 6.45) is 1.65. The van der Waals surface area contributed by atoms with Gasteiger partial charge in [-0.25, -0.2) is 4.39 Å². The van der Waals surface area contributed by atoms with Crippen LogP contribution in [0.4, 0.5) is 4.39 Å². The predicted octanol–water partition coefficient (Wildman–Crippen LogP) is 3.55. The lowest BCUT2D eigenvalue weighted by Crippen LogP contribution is -2.01. The molecule has 0 radical (unpaired) electrons. The monoisotopic (exact) mass is 269 g/mol. The molecule has 3 rings (SSSR count). The number of halogens is 1. The molecule has 0 bridgehead atoms. The van der Waals surface area contributed by atoms with Crippen LogP contribution in [-0.4, -0.2) is 17.9 Å². The quantitative estimate of drug-likeness (QED) is 0.739. The Bertz CT molecular complexity index is 792. The fourth-order valence-electron chi connectivity index (χ4n) is 2.22. The number of para-hydroxylation sites is 1. The molecule has 3 aromatic rings. The van der Waals surface area contributed by atoms with Crippen molar-refractivity contribution in [1.29, 1.82) is 0 Å². The van der Waals surface area contributed by atoms with Crippen molar-refractivity contribution in [3.8, 4) is 5.75 Å². The van der Waals surface area contributed by atoms with Crippen LogP contribution in [-0.2, 0) is 0 Å². The first kappa shape index (κ1) is 12.4. The molecule has 3 nitrogen and oxygen atoms in total. The average Bonchev–Trinajstić information content (AvgIpc) is 2.90. The highest BCUT2D eigenvalue weighted by molar-refractivity contribution is 6.16. The topological polar surface area (TPSA) is 42.1 Å². The first-order chi connectivity index (χ1) is 9.70. The number of aromatic nitrogens is 1. The number of hydrogen-bond donors (Lipinski definition) is 1. The van der Waals surface area contributed by atoms with Gasteiger partial charge in [0.25, 0.3) is 0 Å². The van der Waals surface area contributed by atoms with Gasteiger partial charge in [0.05, 0.1) is 7.11 Å². The van der Waals surface area contributed by atoms with Gasteiger partial charge in [0.15, 0.2) is 17.3 Å². The average molecular weight is 269 g/mol. The number of ketones is 1. The van der Waals surface area contributed by atoms with Crippen molar-refractivity contribution < 1.29 is 13.9 Å². The van der Waals surface area contributed by atoms with Gasteiger partial charge in [-0.2, -0.15) is 0 Å². The fourth-order valence-corrected chi connectivity index (χ4v) is 2.22. The maximum absolute atomic E-state index is 13.7. The van der Waals surface area contributed by atoms with E-state index in [0.717, 1.165) is 10.9 Å². The zero-order chi connectivity index (χ0) is 14.1. The Hall–Kier alpha value is -2.62. The number of H-pyrrole nitrogens is 1. The van der Waals surface area contributed by atoms with Gasteiger partial charge in [-0.05, 0) is 24.3 Å². The predicted molar refractivity (Wildman–Crippen MR) is 74.7 cm³/mol. The van der Waals surface area contributed by atoms with Crippen molar-refractivity contribution >= 4 is 16.7 Å². The summed E-state index contributed by atoms with van der Waals surface area (Å²) in [5, 5.41) is 0.828. The first-order valence-electron chi connectivity index (χ1n) is 6.15. The molecule has 1 aromatic heterocycles. The summed E-state index contributed by atoms with van der Waals surface area (Å²) >= 11 is 0. The standard InChI is InChI=1S/C16H12FNO2/c1-20-15-7-6-10(8-13(15)17)16(19)12-9-18-14-5-3-2-4-11(12)14/h2-9,18H,1H3. The molecular weight excluding hydrogens is 257 g/mol. The molecule has 20 heavy (non-hydrogen) atoms. The summed E-state index contributed by atoms with van der Waals surface area (Å²) in [7, 11) is 1.39. The first-order valence-corrected chi connectivity index (χ1v) is 6.15. The number of carbonyl (C=O) groups excluding carboxylic acids is 1. The van der Waals surface area contributed by atoms with E-state index in [2.05, 4.69) is 4.98 Å². The molecule has 2 aromatic carbocycles. The van der Waals surface area contributed by atoms with E-state index in [0.29, 0.717) is 11.1 Å². The van der Waals surface area contributed by atoms with Crippen LogP contribution >= 0.6 is 0 Å². The van der Waals surface area contributed by atoms with Crippen LogP contribution in [0.15, 0.2) is 48.7 Å². The van der Waals surface area contributed by atoms with Gasteiger partial charge in [0.1, 0.15) is 0 Å². The van der Waals surface area contributed by atoms with Crippen LogP contribution in [0.1, 0.15) is 15.9 Å². The van der Waals surface area contributed by atoms with E-state index < -0.39 is 5.82 Å². The van der Waals surface area contributed by atoms with Crippen molar-refractivity contribution in [2.75, 3.05) is 7.11 Å². The third kappa shape index (κ3) is 1.95. The van der Waals surface area contributed by atoms with E-state index in [1.54, 1.807) is 12.3 Å². The van der Waals surface area contributed by atoms with Crippen LogP contribution in [0.3, 0.4) is 0 Å². The number of methoxy groups -OCH3 is 1. The molecular formula is C16H12FNO2. The van der Waals surface area contributed by atoms with Crippen molar-refractivity contribution in [3.63, 3.8) is 0 Å². The van der Waals surface area contributed by atoms with Crippen molar-refractivity contribution in [3.05, 3.63) is 65.6 Å². The molecule has 0 aliphatic rings.